The monoisotopic (exact) mass is 233 g/mol. The summed E-state index contributed by atoms with van der Waals surface area (Å²) in [5.74, 6) is -0.384. The second kappa shape index (κ2) is 5.04. The van der Waals surface area contributed by atoms with E-state index >= 15 is 0 Å². The molecule has 0 saturated heterocycles. The van der Waals surface area contributed by atoms with Gasteiger partial charge in [-0.25, -0.2) is 4.79 Å². The standard InChI is InChI=1S/C14H19NO2/c1-14(2,3)11-6-7-12(15)10(9-11)5-8-13(16)17-4/h5-9H,15H2,1-4H3. The molecule has 0 radical (unpaired) electrons. The minimum atomic E-state index is -0.384. The second-order valence-corrected chi connectivity index (χ2v) is 4.95. The van der Waals surface area contributed by atoms with E-state index in [1.165, 1.54) is 18.7 Å². The van der Waals surface area contributed by atoms with Crippen LogP contribution in [0.3, 0.4) is 0 Å². The molecule has 1 rings (SSSR count). The van der Waals surface area contributed by atoms with Crippen LogP contribution in [0, 0.1) is 0 Å². The molecule has 0 aliphatic carbocycles. The van der Waals surface area contributed by atoms with Crippen molar-refractivity contribution in [2.45, 2.75) is 26.2 Å². The molecule has 0 unspecified atom stereocenters. The summed E-state index contributed by atoms with van der Waals surface area (Å²) in [6.45, 7) is 6.39. The predicted octanol–water partition coefficient (Wildman–Crippen LogP) is 2.75. The van der Waals surface area contributed by atoms with Gasteiger partial charge >= 0.3 is 5.97 Å². The Bertz CT molecular complexity index is 442. The zero-order valence-electron chi connectivity index (χ0n) is 10.8. The number of hydrogen-bond acceptors (Lipinski definition) is 3. The summed E-state index contributed by atoms with van der Waals surface area (Å²) in [5.41, 5.74) is 8.58. The first-order valence-corrected chi connectivity index (χ1v) is 5.50. The van der Waals surface area contributed by atoms with E-state index in [0.29, 0.717) is 5.69 Å². The molecule has 92 valence electrons. The molecule has 3 nitrogen and oxygen atoms in total. The van der Waals surface area contributed by atoms with Crippen molar-refractivity contribution in [2.24, 2.45) is 0 Å². The minimum Gasteiger partial charge on any atom is -0.466 e. The van der Waals surface area contributed by atoms with Gasteiger partial charge in [0.25, 0.3) is 0 Å². The normalized spacial score (nSPS) is 11.8. The second-order valence-electron chi connectivity index (χ2n) is 4.95. The van der Waals surface area contributed by atoms with Gasteiger partial charge in [0, 0.05) is 11.8 Å². The fraction of sp³-hybridized carbons (Fsp3) is 0.357. The highest BCUT2D eigenvalue weighted by Crippen LogP contribution is 2.26. The molecule has 1 aromatic rings. The maximum absolute atomic E-state index is 11.0. The lowest BCUT2D eigenvalue weighted by Crippen LogP contribution is -2.11. The van der Waals surface area contributed by atoms with E-state index in [4.69, 9.17) is 5.73 Å². The van der Waals surface area contributed by atoms with E-state index in [1.54, 1.807) is 6.08 Å². The van der Waals surface area contributed by atoms with Gasteiger partial charge in [-0.2, -0.15) is 0 Å². The van der Waals surface area contributed by atoms with Crippen molar-refractivity contribution >= 4 is 17.7 Å². The highest BCUT2D eigenvalue weighted by atomic mass is 16.5. The van der Waals surface area contributed by atoms with Gasteiger partial charge in [-0.3, -0.25) is 0 Å². The Labute approximate surface area is 102 Å². The number of anilines is 1. The lowest BCUT2D eigenvalue weighted by Gasteiger charge is -2.20. The van der Waals surface area contributed by atoms with Crippen LogP contribution in [-0.2, 0) is 14.9 Å². The molecule has 17 heavy (non-hydrogen) atoms. The van der Waals surface area contributed by atoms with Crippen LogP contribution >= 0.6 is 0 Å². The highest BCUT2D eigenvalue weighted by molar-refractivity contribution is 5.88. The number of carbonyl (C=O) groups excluding carboxylic acids is 1. The summed E-state index contributed by atoms with van der Waals surface area (Å²) in [5, 5.41) is 0. The number of esters is 1. The molecule has 2 N–H and O–H groups in total. The van der Waals surface area contributed by atoms with E-state index in [-0.39, 0.29) is 11.4 Å². The molecular formula is C14H19NO2. The lowest BCUT2D eigenvalue weighted by molar-refractivity contribution is -0.134. The third-order valence-electron chi connectivity index (χ3n) is 2.55. The van der Waals surface area contributed by atoms with E-state index < -0.39 is 0 Å². The minimum absolute atomic E-state index is 0.0571. The van der Waals surface area contributed by atoms with Gasteiger partial charge in [0.2, 0.25) is 0 Å². The van der Waals surface area contributed by atoms with Crippen LogP contribution in [0.25, 0.3) is 6.08 Å². The quantitative estimate of drug-likeness (QED) is 0.485. The van der Waals surface area contributed by atoms with Crippen molar-refractivity contribution < 1.29 is 9.53 Å². The number of ether oxygens (including phenoxy) is 1. The Kier molecular flexibility index (Phi) is 3.94. The molecule has 0 saturated carbocycles. The highest BCUT2D eigenvalue weighted by Gasteiger charge is 2.14. The number of rotatable bonds is 2. The molecule has 0 amide bonds. The van der Waals surface area contributed by atoms with Gasteiger partial charge in [0.1, 0.15) is 0 Å². The molecule has 0 aliphatic heterocycles. The third-order valence-corrected chi connectivity index (χ3v) is 2.55. The predicted molar refractivity (Wildman–Crippen MR) is 70.6 cm³/mol. The van der Waals surface area contributed by atoms with Gasteiger partial charge in [-0.05, 0) is 34.8 Å². The van der Waals surface area contributed by atoms with Crippen molar-refractivity contribution in [3.8, 4) is 0 Å². The first kappa shape index (κ1) is 13.3. The van der Waals surface area contributed by atoms with E-state index in [1.807, 2.05) is 18.2 Å². The van der Waals surface area contributed by atoms with Crippen LogP contribution in [-0.4, -0.2) is 13.1 Å². The largest absolute Gasteiger partial charge is 0.466 e. The van der Waals surface area contributed by atoms with Gasteiger partial charge < -0.3 is 10.5 Å². The summed E-state index contributed by atoms with van der Waals surface area (Å²) < 4.78 is 4.54. The van der Waals surface area contributed by atoms with Crippen molar-refractivity contribution in [2.75, 3.05) is 12.8 Å². The van der Waals surface area contributed by atoms with Crippen LogP contribution < -0.4 is 5.73 Å². The molecule has 1 aromatic carbocycles. The number of hydrogen-bond donors (Lipinski definition) is 1. The summed E-state index contributed by atoms with van der Waals surface area (Å²) in [6, 6.07) is 5.86. The average molecular weight is 233 g/mol. The van der Waals surface area contributed by atoms with Gasteiger partial charge in [0.15, 0.2) is 0 Å². The number of benzene rings is 1. The zero-order valence-corrected chi connectivity index (χ0v) is 10.8. The van der Waals surface area contributed by atoms with Crippen LogP contribution in [0.5, 0.6) is 0 Å². The van der Waals surface area contributed by atoms with Gasteiger partial charge in [-0.15, -0.1) is 0 Å². The van der Waals surface area contributed by atoms with Gasteiger partial charge in [-0.1, -0.05) is 26.8 Å². The molecule has 3 heteroatoms. The Morgan fingerprint density at radius 3 is 2.53 bits per heavy atom. The number of methoxy groups -OCH3 is 1. The number of nitrogen functional groups attached to an aromatic ring is 1. The van der Waals surface area contributed by atoms with Crippen molar-refractivity contribution in [1.29, 1.82) is 0 Å². The summed E-state index contributed by atoms with van der Waals surface area (Å²) in [4.78, 5) is 11.0. The fourth-order valence-corrected chi connectivity index (χ4v) is 1.41. The fourth-order valence-electron chi connectivity index (χ4n) is 1.41. The SMILES string of the molecule is COC(=O)C=Cc1cc(C(C)(C)C)ccc1N. The Hall–Kier alpha value is -1.77. The van der Waals surface area contributed by atoms with Crippen molar-refractivity contribution in [3.63, 3.8) is 0 Å². The van der Waals surface area contributed by atoms with Crippen LogP contribution in [0.4, 0.5) is 5.69 Å². The molecule has 0 aliphatic rings. The summed E-state index contributed by atoms with van der Waals surface area (Å²) in [7, 11) is 1.35. The molecule has 0 bridgehead atoms. The topological polar surface area (TPSA) is 52.3 Å². The van der Waals surface area contributed by atoms with E-state index in [0.717, 1.165) is 5.56 Å². The Balaban J connectivity index is 3.07. The maximum atomic E-state index is 11.0. The smallest absolute Gasteiger partial charge is 0.330 e. The van der Waals surface area contributed by atoms with Crippen LogP contribution in [0.2, 0.25) is 0 Å². The molecule has 0 fully saturated rings. The van der Waals surface area contributed by atoms with Crippen molar-refractivity contribution in [1.82, 2.24) is 0 Å². The van der Waals surface area contributed by atoms with E-state index in [2.05, 4.69) is 25.5 Å². The summed E-state index contributed by atoms with van der Waals surface area (Å²) in [6.07, 6.45) is 3.05. The third kappa shape index (κ3) is 3.63. The molecular weight excluding hydrogens is 214 g/mol. The number of carbonyl (C=O) groups is 1. The molecule has 0 aromatic heterocycles. The van der Waals surface area contributed by atoms with Crippen molar-refractivity contribution in [3.05, 3.63) is 35.4 Å². The average Bonchev–Trinajstić information content (AvgIpc) is 2.26. The first-order chi connectivity index (χ1) is 7.84. The summed E-state index contributed by atoms with van der Waals surface area (Å²) >= 11 is 0. The Morgan fingerprint density at radius 1 is 1.35 bits per heavy atom. The molecule has 0 heterocycles. The van der Waals surface area contributed by atoms with Gasteiger partial charge in [0.05, 0.1) is 7.11 Å². The van der Waals surface area contributed by atoms with Crippen LogP contribution in [0.1, 0.15) is 31.9 Å². The number of nitrogens with two attached hydrogens (primary N) is 1. The first-order valence-electron chi connectivity index (χ1n) is 5.50. The zero-order chi connectivity index (χ0) is 13.1. The molecule has 0 atom stereocenters. The maximum Gasteiger partial charge on any atom is 0.330 e. The molecule has 0 spiro atoms. The van der Waals surface area contributed by atoms with Crippen LogP contribution in [0.15, 0.2) is 24.3 Å². The Morgan fingerprint density at radius 2 is 2.00 bits per heavy atom. The van der Waals surface area contributed by atoms with E-state index in [9.17, 15) is 4.79 Å². The lowest BCUT2D eigenvalue weighted by atomic mass is 9.86.